The summed E-state index contributed by atoms with van der Waals surface area (Å²) >= 11 is 0. The van der Waals surface area contributed by atoms with Crippen molar-refractivity contribution in [2.24, 2.45) is 5.92 Å². The van der Waals surface area contributed by atoms with Gasteiger partial charge in [0.05, 0.1) is 11.1 Å². The molecule has 2 rings (SSSR count). The number of hydrogen-bond acceptors (Lipinski definition) is 5. The molecule has 0 fully saturated rings. The summed E-state index contributed by atoms with van der Waals surface area (Å²) in [5, 5.41) is 9.43. The molecule has 5 heteroatoms. The van der Waals surface area contributed by atoms with Gasteiger partial charge in [-0.05, 0) is 36.8 Å². The zero-order valence-corrected chi connectivity index (χ0v) is 16.2. The summed E-state index contributed by atoms with van der Waals surface area (Å²) in [5.74, 6) is -1.34. The summed E-state index contributed by atoms with van der Waals surface area (Å²) < 4.78 is 11.3. The van der Waals surface area contributed by atoms with Gasteiger partial charge in [-0.15, -0.1) is 0 Å². The van der Waals surface area contributed by atoms with Crippen LogP contribution < -0.4 is 0 Å². The Balaban J connectivity index is 2.14. The lowest BCUT2D eigenvalue weighted by molar-refractivity contribution is -0.0246. The number of benzene rings is 2. The van der Waals surface area contributed by atoms with Gasteiger partial charge in [-0.3, -0.25) is 0 Å². The van der Waals surface area contributed by atoms with Gasteiger partial charge in [0.1, 0.15) is 12.2 Å². The number of carbonyl (C=O) groups excluding carboxylic acids is 2. The molecule has 0 radical (unpaired) electrons. The van der Waals surface area contributed by atoms with Crippen molar-refractivity contribution in [1.29, 1.82) is 0 Å². The predicted octanol–water partition coefficient (Wildman–Crippen LogP) is 4.03. The molecule has 2 aromatic rings. The third-order valence-electron chi connectivity index (χ3n) is 4.47. The van der Waals surface area contributed by atoms with Gasteiger partial charge in [0.15, 0.2) is 0 Å². The van der Waals surface area contributed by atoms with E-state index in [0.717, 1.165) is 0 Å². The SMILES string of the molecule is C=C(C)[C@H](OC(=O)c1ccccc1)[C@@H](C)[C@H](CCO)OC(=O)c1ccccc1. The summed E-state index contributed by atoms with van der Waals surface area (Å²) in [4.78, 5) is 24.9. The molecule has 148 valence electrons. The third kappa shape index (κ3) is 5.79. The van der Waals surface area contributed by atoms with Crippen LogP contribution in [0.3, 0.4) is 0 Å². The van der Waals surface area contributed by atoms with Gasteiger partial charge in [0.25, 0.3) is 0 Å². The molecular formula is C23H26O5. The molecule has 0 bridgehead atoms. The van der Waals surface area contributed by atoms with E-state index in [9.17, 15) is 14.7 Å². The Hall–Kier alpha value is -2.92. The molecule has 2 aromatic carbocycles. The molecule has 0 amide bonds. The van der Waals surface area contributed by atoms with Crippen LogP contribution in [0.1, 0.15) is 41.0 Å². The van der Waals surface area contributed by atoms with Crippen LogP contribution in [0.5, 0.6) is 0 Å². The van der Waals surface area contributed by atoms with Gasteiger partial charge >= 0.3 is 11.9 Å². The molecule has 0 aliphatic heterocycles. The molecule has 0 aromatic heterocycles. The summed E-state index contributed by atoms with van der Waals surface area (Å²) in [6.07, 6.45) is -1.07. The Morgan fingerprint density at radius 1 is 0.929 bits per heavy atom. The maximum Gasteiger partial charge on any atom is 0.338 e. The average Bonchev–Trinajstić information content (AvgIpc) is 2.72. The predicted molar refractivity (Wildman–Crippen MR) is 107 cm³/mol. The Morgan fingerprint density at radius 3 is 1.82 bits per heavy atom. The van der Waals surface area contributed by atoms with E-state index in [4.69, 9.17) is 9.47 Å². The van der Waals surface area contributed by atoms with Gasteiger partial charge in [0, 0.05) is 18.9 Å². The van der Waals surface area contributed by atoms with E-state index in [1.165, 1.54) is 0 Å². The quantitative estimate of drug-likeness (QED) is 0.524. The van der Waals surface area contributed by atoms with Crippen molar-refractivity contribution >= 4 is 11.9 Å². The first-order valence-electron chi connectivity index (χ1n) is 9.22. The van der Waals surface area contributed by atoms with Crippen molar-refractivity contribution < 1.29 is 24.2 Å². The van der Waals surface area contributed by atoms with E-state index in [0.29, 0.717) is 16.7 Å². The van der Waals surface area contributed by atoms with E-state index in [1.54, 1.807) is 55.5 Å². The lowest BCUT2D eigenvalue weighted by atomic mass is 9.91. The summed E-state index contributed by atoms with van der Waals surface area (Å²) in [5.41, 5.74) is 1.49. The maximum absolute atomic E-state index is 12.5. The maximum atomic E-state index is 12.5. The molecule has 0 aliphatic carbocycles. The number of esters is 2. The number of aliphatic hydroxyl groups is 1. The van der Waals surface area contributed by atoms with Crippen LogP contribution in [-0.2, 0) is 9.47 Å². The van der Waals surface area contributed by atoms with Crippen LogP contribution in [-0.4, -0.2) is 35.9 Å². The minimum atomic E-state index is -0.659. The van der Waals surface area contributed by atoms with Crippen LogP contribution in [0, 0.1) is 5.92 Å². The Labute approximate surface area is 165 Å². The number of aliphatic hydroxyl groups excluding tert-OH is 1. The normalized spacial score (nSPS) is 13.8. The van der Waals surface area contributed by atoms with Crippen LogP contribution in [0.25, 0.3) is 0 Å². The van der Waals surface area contributed by atoms with Crippen molar-refractivity contribution in [1.82, 2.24) is 0 Å². The zero-order valence-electron chi connectivity index (χ0n) is 16.2. The van der Waals surface area contributed by atoms with E-state index < -0.39 is 24.1 Å². The fourth-order valence-electron chi connectivity index (χ4n) is 2.95. The van der Waals surface area contributed by atoms with Crippen molar-refractivity contribution in [3.8, 4) is 0 Å². The molecule has 3 atom stereocenters. The summed E-state index contributed by atoms with van der Waals surface area (Å²) in [6, 6.07) is 17.3. The smallest absolute Gasteiger partial charge is 0.338 e. The highest BCUT2D eigenvalue weighted by atomic mass is 16.6. The van der Waals surface area contributed by atoms with E-state index in [-0.39, 0.29) is 18.9 Å². The fourth-order valence-corrected chi connectivity index (χ4v) is 2.95. The van der Waals surface area contributed by atoms with Gasteiger partial charge in [-0.1, -0.05) is 49.9 Å². The second-order valence-electron chi connectivity index (χ2n) is 6.72. The molecule has 0 unspecified atom stereocenters. The highest BCUT2D eigenvalue weighted by Gasteiger charge is 2.32. The van der Waals surface area contributed by atoms with Crippen molar-refractivity contribution in [2.75, 3.05) is 6.61 Å². The molecular weight excluding hydrogens is 356 g/mol. The first kappa shape index (κ1) is 21.4. The fraction of sp³-hybridized carbons (Fsp3) is 0.304. The largest absolute Gasteiger partial charge is 0.458 e. The van der Waals surface area contributed by atoms with Crippen LogP contribution in [0.15, 0.2) is 72.8 Å². The number of ether oxygens (including phenoxy) is 2. The van der Waals surface area contributed by atoms with Crippen LogP contribution in [0.4, 0.5) is 0 Å². The van der Waals surface area contributed by atoms with E-state index in [2.05, 4.69) is 6.58 Å². The number of hydrogen-bond donors (Lipinski definition) is 1. The first-order valence-corrected chi connectivity index (χ1v) is 9.22. The second-order valence-corrected chi connectivity index (χ2v) is 6.72. The van der Waals surface area contributed by atoms with E-state index >= 15 is 0 Å². The van der Waals surface area contributed by atoms with Crippen molar-refractivity contribution in [3.63, 3.8) is 0 Å². The molecule has 0 saturated carbocycles. The summed E-state index contributed by atoms with van der Waals surface area (Å²) in [6.45, 7) is 7.34. The molecule has 0 spiro atoms. The van der Waals surface area contributed by atoms with Gasteiger partial charge in [-0.2, -0.15) is 0 Å². The van der Waals surface area contributed by atoms with Crippen molar-refractivity contribution in [3.05, 3.63) is 83.9 Å². The first-order chi connectivity index (χ1) is 13.4. The Kier molecular flexibility index (Phi) is 7.96. The van der Waals surface area contributed by atoms with Crippen LogP contribution in [0.2, 0.25) is 0 Å². The minimum absolute atomic E-state index is 0.160. The molecule has 28 heavy (non-hydrogen) atoms. The van der Waals surface area contributed by atoms with Crippen LogP contribution >= 0.6 is 0 Å². The molecule has 0 aliphatic rings. The standard InChI is InChI=1S/C23H26O5/c1-16(2)21(28-23(26)19-12-8-5-9-13-19)17(3)20(14-15-24)27-22(25)18-10-6-4-7-11-18/h4-13,17,20-21,24H,1,14-15H2,2-3H3/t17-,20-,21-/m0/s1. The molecule has 5 nitrogen and oxygen atoms in total. The third-order valence-corrected chi connectivity index (χ3v) is 4.47. The van der Waals surface area contributed by atoms with Gasteiger partial charge in [-0.25, -0.2) is 9.59 Å². The lowest BCUT2D eigenvalue weighted by Crippen LogP contribution is -2.37. The van der Waals surface area contributed by atoms with Crippen molar-refractivity contribution in [2.45, 2.75) is 32.5 Å². The second kappa shape index (κ2) is 10.4. The molecule has 1 N–H and O–H groups in total. The minimum Gasteiger partial charge on any atom is -0.458 e. The topological polar surface area (TPSA) is 72.8 Å². The Morgan fingerprint density at radius 2 is 1.39 bits per heavy atom. The van der Waals surface area contributed by atoms with Gasteiger partial charge < -0.3 is 14.6 Å². The number of rotatable bonds is 9. The summed E-state index contributed by atoms with van der Waals surface area (Å²) in [7, 11) is 0. The molecule has 0 saturated heterocycles. The average molecular weight is 382 g/mol. The highest BCUT2D eigenvalue weighted by Crippen LogP contribution is 2.25. The van der Waals surface area contributed by atoms with E-state index in [1.807, 2.05) is 19.1 Å². The Bertz CT molecular complexity index is 785. The monoisotopic (exact) mass is 382 g/mol. The number of carbonyl (C=O) groups is 2. The highest BCUT2D eigenvalue weighted by molar-refractivity contribution is 5.90. The molecule has 0 heterocycles. The zero-order chi connectivity index (χ0) is 20.5. The lowest BCUT2D eigenvalue weighted by Gasteiger charge is -2.30. The van der Waals surface area contributed by atoms with Gasteiger partial charge in [0.2, 0.25) is 0 Å².